The van der Waals surface area contributed by atoms with Crippen molar-refractivity contribution >= 4 is 0 Å². The highest BCUT2D eigenvalue weighted by Crippen LogP contribution is 2.34. The minimum Gasteiger partial charge on any atom is -0.378 e. The number of hydrogen-bond donors (Lipinski definition) is 0. The Kier molecular flexibility index (Phi) is 5.46. The van der Waals surface area contributed by atoms with Crippen LogP contribution in [0, 0.1) is 5.41 Å². The Hall–Kier alpha value is -0.380. The van der Waals surface area contributed by atoms with Gasteiger partial charge in [-0.15, -0.1) is 6.58 Å². The Labute approximate surface area is 98.8 Å². The summed E-state index contributed by atoms with van der Waals surface area (Å²) in [5, 5.41) is 0. The van der Waals surface area contributed by atoms with Crippen molar-refractivity contribution in [3.63, 3.8) is 0 Å². The second kappa shape index (κ2) is 6.38. The molecule has 0 spiro atoms. The van der Waals surface area contributed by atoms with Crippen molar-refractivity contribution in [3.8, 4) is 0 Å². The summed E-state index contributed by atoms with van der Waals surface area (Å²) < 4.78 is 17.0. The van der Waals surface area contributed by atoms with Gasteiger partial charge in [-0.1, -0.05) is 13.0 Å². The molecule has 0 unspecified atom stereocenters. The third kappa shape index (κ3) is 3.30. The molecule has 0 aromatic heterocycles. The normalized spacial score (nSPS) is 32.3. The highest BCUT2D eigenvalue weighted by atomic mass is 16.7. The maximum atomic E-state index is 5.81. The van der Waals surface area contributed by atoms with E-state index in [2.05, 4.69) is 20.4 Å². The van der Waals surface area contributed by atoms with E-state index in [4.69, 9.17) is 14.2 Å². The van der Waals surface area contributed by atoms with Crippen molar-refractivity contribution < 1.29 is 14.2 Å². The highest BCUT2D eigenvalue weighted by molar-refractivity contribution is 4.92. The molecule has 0 bridgehead atoms. The smallest absolute Gasteiger partial charge is 0.154 e. The second-order valence-corrected chi connectivity index (χ2v) is 4.56. The molecule has 1 aliphatic rings. The minimum absolute atomic E-state index is 0.0660. The maximum Gasteiger partial charge on any atom is 0.154 e. The van der Waals surface area contributed by atoms with Gasteiger partial charge < -0.3 is 14.2 Å². The van der Waals surface area contributed by atoms with Gasteiger partial charge in [-0.05, 0) is 26.7 Å². The molecule has 1 heterocycles. The summed E-state index contributed by atoms with van der Waals surface area (Å²) in [6.45, 7) is 12.1. The summed E-state index contributed by atoms with van der Waals surface area (Å²) in [4.78, 5) is 0. The van der Waals surface area contributed by atoms with Gasteiger partial charge in [0.25, 0.3) is 0 Å². The van der Waals surface area contributed by atoms with Crippen LogP contribution in [0.1, 0.15) is 33.6 Å². The summed E-state index contributed by atoms with van der Waals surface area (Å²) in [5.41, 5.74) is -0.0660. The Balaban J connectivity index is 2.60. The van der Waals surface area contributed by atoms with Gasteiger partial charge in [0.1, 0.15) is 0 Å². The molecule has 0 radical (unpaired) electrons. The zero-order valence-corrected chi connectivity index (χ0v) is 10.7. The summed E-state index contributed by atoms with van der Waals surface area (Å²) in [5.74, 6) is 0. The summed E-state index contributed by atoms with van der Waals surface area (Å²) in [6.07, 6.45) is 3.86. The van der Waals surface area contributed by atoms with E-state index >= 15 is 0 Å². The van der Waals surface area contributed by atoms with E-state index in [-0.39, 0.29) is 17.8 Å². The van der Waals surface area contributed by atoms with Crippen LogP contribution >= 0.6 is 0 Å². The number of rotatable bonds is 6. The predicted octanol–water partition coefficient (Wildman–Crippen LogP) is 2.76. The maximum absolute atomic E-state index is 5.81. The largest absolute Gasteiger partial charge is 0.378 e. The SMILES string of the molecule is C=CCC1([C@@H](C)OCCC)COC(C)OC1. The van der Waals surface area contributed by atoms with E-state index in [1.165, 1.54) is 0 Å². The molecule has 0 aromatic carbocycles. The van der Waals surface area contributed by atoms with Gasteiger partial charge in [-0.3, -0.25) is 0 Å². The zero-order chi connectivity index (χ0) is 12.0. The van der Waals surface area contributed by atoms with Crippen LogP contribution in [0.4, 0.5) is 0 Å². The van der Waals surface area contributed by atoms with Crippen LogP contribution in [-0.2, 0) is 14.2 Å². The molecule has 0 aliphatic carbocycles. The summed E-state index contributed by atoms with van der Waals surface area (Å²) >= 11 is 0. The van der Waals surface area contributed by atoms with Crippen molar-refractivity contribution in [1.29, 1.82) is 0 Å². The number of ether oxygens (including phenoxy) is 3. The van der Waals surface area contributed by atoms with Crippen LogP contribution in [0.3, 0.4) is 0 Å². The van der Waals surface area contributed by atoms with E-state index in [1.807, 2.05) is 13.0 Å². The van der Waals surface area contributed by atoms with Crippen molar-refractivity contribution in [3.05, 3.63) is 12.7 Å². The fourth-order valence-corrected chi connectivity index (χ4v) is 1.93. The fraction of sp³-hybridized carbons (Fsp3) is 0.846. The van der Waals surface area contributed by atoms with E-state index in [0.717, 1.165) is 19.4 Å². The molecule has 94 valence electrons. The van der Waals surface area contributed by atoms with Crippen LogP contribution in [0.25, 0.3) is 0 Å². The standard InChI is InChI=1S/C13H24O3/c1-5-7-13(11(3)14-8-6-2)9-15-12(4)16-10-13/h5,11-12H,1,6-10H2,2-4H3/t11-,12?,13?/m1/s1. The lowest BCUT2D eigenvalue weighted by Crippen LogP contribution is -2.48. The molecule has 16 heavy (non-hydrogen) atoms. The van der Waals surface area contributed by atoms with Crippen molar-refractivity contribution in [2.45, 2.75) is 46.0 Å². The topological polar surface area (TPSA) is 27.7 Å². The second-order valence-electron chi connectivity index (χ2n) is 4.56. The first kappa shape index (κ1) is 13.7. The van der Waals surface area contributed by atoms with Gasteiger partial charge >= 0.3 is 0 Å². The van der Waals surface area contributed by atoms with Gasteiger partial charge in [0.15, 0.2) is 6.29 Å². The van der Waals surface area contributed by atoms with Gasteiger partial charge in [0.2, 0.25) is 0 Å². The summed E-state index contributed by atoms with van der Waals surface area (Å²) in [6, 6.07) is 0. The molecule has 0 aromatic rings. The first-order chi connectivity index (χ1) is 7.64. The van der Waals surface area contributed by atoms with Crippen LogP contribution in [-0.4, -0.2) is 32.2 Å². The monoisotopic (exact) mass is 228 g/mol. The van der Waals surface area contributed by atoms with E-state index in [0.29, 0.717) is 13.2 Å². The fourth-order valence-electron chi connectivity index (χ4n) is 1.93. The lowest BCUT2D eigenvalue weighted by Gasteiger charge is -2.42. The Morgan fingerprint density at radius 2 is 2.12 bits per heavy atom. The first-order valence-corrected chi connectivity index (χ1v) is 6.10. The first-order valence-electron chi connectivity index (χ1n) is 6.10. The Morgan fingerprint density at radius 1 is 1.50 bits per heavy atom. The molecule has 1 fully saturated rings. The molecule has 0 N–H and O–H groups in total. The molecule has 1 saturated heterocycles. The average molecular weight is 228 g/mol. The van der Waals surface area contributed by atoms with Crippen LogP contribution in [0.2, 0.25) is 0 Å². The molecular formula is C13H24O3. The third-order valence-electron chi connectivity index (χ3n) is 3.20. The quantitative estimate of drug-likeness (QED) is 0.654. The lowest BCUT2D eigenvalue weighted by atomic mass is 9.80. The average Bonchev–Trinajstić information content (AvgIpc) is 2.29. The molecule has 3 heteroatoms. The van der Waals surface area contributed by atoms with Gasteiger partial charge in [-0.2, -0.15) is 0 Å². The third-order valence-corrected chi connectivity index (χ3v) is 3.20. The number of hydrogen-bond acceptors (Lipinski definition) is 3. The lowest BCUT2D eigenvalue weighted by molar-refractivity contribution is -0.244. The Bertz CT molecular complexity index is 207. The van der Waals surface area contributed by atoms with Crippen molar-refractivity contribution in [2.24, 2.45) is 5.41 Å². The molecule has 3 nitrogen and oxygen atoms in total. The van der Waals surface area contributed by atoms with Gasteiger partial charge in [0.05, 0.1) is 19.3 Å². The van der Waals surface area contributed by atoms with E-state index in [9.17, 15) is 0 Å². The van der Waals surface area contributed by atoms with Gasteiger partial charge in [-0.25, -0.2) is 0 Å². The zero-order valence-electron chi connectivity index (χ0n) is 10.7. The molecule has 0 saturated carbocycles. The molecule has 1 aliphatic heterocycles. The van der Waals surface area contributed by atoms with Crippen molar-refractivity contribution in [1.82, 2.24) is 0 Å². The molecular weight excluding hydrogens is 204 g/mol. The van der Waals surface area contributed by atoms with Crippen molar-refractivity contribution in [2.75, 3.05) is 19.8 Å². The van der Waals surface area contributed by atoms with E-state index < -0.39 is 0 Å². The molecule has 1 rings (SSSR count). The van der Waals surface area contributed by atoms with E-state index in [1.54, 1.807) is 0 Å². The molecule has 0 amide bonds. The minimum atomic E-state index is -0.101. The summed E-state index contributed by atoms with van der Waals surface area (Å²) in [7, 11) is 0. The predicted molar refractivity (Wildman–Crippen MR) is 64.3 cm³/mol. The van der Waals surface area contributed by atoms with Crippen LogP contribution in [0.5, 0.6) is 0 Å². The highest BCUT2D eigenvalue weighted by Gasteiger charge is 2.40. The number of allylic oxidation sites excluding steroid dienone is 1. The van der Waals surface area contributed by atoms with Crippen LogP contribution in [0.15, 0.2) is 12.7 Å². The van der Waals surface area contributed by atoms with Gasteiger partial charge in [0, 0.05) is 12.0 Å². The molecule has 1 atom stereocenters. The van der Waals surface area contributed by atoms with Crippen LogP contribution < -0.4 is 0 Å². The Morgan fingerprint density at radius 3 is 2.62 bits per heavy atom.